The van der Waals surface area contributed by atoms with Crippen molar-refractivity contribution >= 4 is 17.6 Å². The van der Waals surface area contributed by atoms with Crippen LogP contribution in [-0.4, -0.2) is 45.0 Å². The molecule has 8 nitrogen and oxygen atoms in total. The van der Waals surface area contributed by atoms with Crippen LogP contribution in [0.3, 0.4) is 0 Å². The first-order valence-corrected chi connectivity index (χ1v) is 11.0. The van der Waals surface area contributed by atoms with Crippen LogP contribution in [0.2, 0.25) is 0 Å². The van der Waals surface area contributed by atoms with Gasteiger partial charge in [0.2, 0.25) is 0 Å². The number of Topliss-reactive ketones (excluding diaryl/α,β-unsaturated/α-hetero) is 1. The molecule has 2 aromatic heterocycles. The van der Waals surface area contributed by atoms with Gasteiger partial charge >= 0.3 is 12.0 Å². The Hall–Kier alpha value is -3.03. The number of carboxylic acid groups (broad SMARTS) is 1. The summed E-state index contributed by atoms with van der Waals surface area (Å²) in [5.41, 5.74) is 2.95. The number of nitrogens with one attached hydrogen (secondary N) is 1. The number of ketones is 1. The van der Waals surface area contributed by atoms with Crippen molar-refractivity contribution in [2.75, 3.05) is 18.5 Å². The Bertz CT molecular complexity index is 886. The Morgan fingerprint density at radius 2 is 2.00 bits per heavy atom. The number of ether oxygens (including phenoxy) is 1. The summed E-state index contributed by atoms with van der Waals surface area (Å²) in [4.78, 5) is 36.6. The fourth-order valence-electron chi connectivity index (χ4n) is 3.77. The molecule has 3 rings (SSSR count). The third-order valence-electron chi connectivity index (χ3n) is 5.38. The molecule has 1 atom stereocenters. The summed E-state index contributed by atoms with van der Waals surface area (Å²) in [7, 11) is 0. The topological polar surface area (TPSA) is 114 Å². The van der Waals surface area contributed by atoms with E-state index in [1.54, 1.807) is 12.4 Å². The fraction of sp³-hybridized carbons (Fsp3) is 0.522. The van der Waals surface area contributed by atoms with Crippen molar-refractivity contribution in [2.24, 2.45) is 0 Å². The number of carbonyl (C=O) groups excluding carboxylic acids is 1. The third-order valence-corrected chi connectivity index (χ3v) is 5.38. The predicted molar refractivity (Wildman–Crippen MR) is 116 cm³/mol. The highest BCUT2D eigenvalue weighted by Gasteiger charge is 2.20. The van der Waals surface area contributed by atoms with E-state index in [0.717, 1.165) is 50.2 Å². The van der Waals surface area contributed by atoms with Crippen molar-refractivity contribution in [3.8, 4) is 6.01 Å². The Labute approximate surface area is 182 Å². The molecule has 1 aliphatic rings. The maximum atomic E-state index is 12.5. The minimum atomic E-state index is -0.946. The molecule has 1 unspecified atom stereocenters. The summed E-state index contributed by atoms with van der Waals surface area (Å²) in [5, 5.41) is 12.6. The van der Waals surface area contributed by atoms with Gasteiger partial charge in [-0.1, -0.05) is 6.07 Å². The van der Waals surface area contributed by atoms with Gasteiger partial charge in [0.15, 0.2) is 0 Å². The lowest BCUT2D eigenvalue weighted by atomic mass is 9.91. The zero-order valence-electron chi connectivity index (χ0n) is 18.0. The van der Waals surface area contributed by atoms with Gasteiger partial charge < -0.3 is 15.2 Å². The number of pyridine rings is 1. The molecule has 0 saturated carbocycles. The number of rotatable bonds is 12. The summed E-state index contributed by atoms with van der Waals surface area (Å²) < 4.78 is 5.22. The highest BCUT2D eigenvalue weighted by Crippen LogP contribution is 2.25. The SMILES string of the molecule is CCOc1ncc(C(CC(=O)O)CC(=O)CCCCc2ccc3c(n2)NCCC3)cn1. The van der Waals surface area contributed by atoms with E-state index in [9.17, 15) is 14.7 Å². The molecular formula is C23H30N4O4. The molecule has 0 bridgehead atoms. The quantitative estimate of drug-likeness (QED) is 0.495. The van der Waals surface area contributed by atoms with Gasteiger partial charge in [-0.05, 0) is 56.2 Å². The van der Waals surface area contributed by atoms with E-state index in [-0.39, 0.29) is 24.6 Å². The lowest BCUT2D eigenvalue weighted by Crippen LogP contribution is -2.14. The number of anilines is 1. The van der Waals surface area contributed by atoms with Crippen LogP contribution in [0.1, 0.15) is 68.2 Å². The molecule has 0 aliphatic carbocycles. The van der Waals surface area contributed by atoms with Gasteiger partial charge in [-0.15, -0.1) is 0 Å². The van der Waals surface area contributed by atoms with Gasteiger partial charge in [-0.25, -0.2) is 15.0 Å². The second-order valence-corrected chi connectivity index (χ2v) is 7.82. The van der Waals surface area contributed by atoms with Crippen molar-refractivity contribution in [3.05, 3.63) is 41.3 Å². The van der Waals surface area contributed by atoms with E-state index in [1.807, 2.05) is 6.92 Å². The molecule has 0 saturated heterocycles. The number of aryl methyl sites for hydroxylation is 2. The number of hydrogen-bond donors (Lipinski definition) is 2. The Morgan fingerprint density at radius 3 is 2.74 bits per heavy atom. The monoisotopic (exact) mass is 426 g/mol. The van der Waals surface area contributed by atoms with Crippen LogP contribution in [0.25, 0.3) is 0 Å². The number of hydrogen-bond acceptors (Lipinski definition) is 7. The first-order chi connectivity index (χ1) is 15.0. The summed E-state index contributed by atoms with van der Waals surface area (Å²) in [5.74, 6) is -0.332. The Balaban J connectivity index is 1.47. The van der Waals surface area contributed by atoms with Gasteiger partial charge in [0.1, 0.15) is 11.6 Å². The number of fused-ring (bicyclic) bond motifs is 1. The predicted octanol–water partition coefficient (Wildman–Crippen LogP) is 3.56. The van der Waals surface area contributed by atoms with E-state index in [4.69, 9.17) is 4.74 Å². The fourth-order valence-corrected chi connectivity index (χ4v) is 3.77. The highest BCUT2D eigenvalue weighted by molar-refractivity contribution is 5.80. The summed E-state index contributed by atoms with van der Waals surface area (Å²) in [6.45, 7) is 3.25. The van der Waals surface area contributed by atoms with Crippen molar-refractivity contribution in [2.45, 2.75) is 64.2 Å². The second-order valence-electron chi connectivity index (χ2n) is 7.82. The Kier molecular flexibility index (Phi) is 8.32. The minimum Gasteiger partial charge on any atom is -0.481 e. The molecule has 3 heterocycles. The van der Waals surface area contributed by atoms with Crippen molar-refractivity contribution < 1.29 is 19.4 Å². The first-order valence-electron chi connectivity index (χ1n) is 11.0. The minimum absolute atomic E-state index is 0.0557. The average Bonchev–Trinajstić information content (AvgIpc) is 2.76. The van der Waals surface area contributed by atoms with E-state index in [1.165, 1.54) is 5.56 Å². The molecule has 2 N–H and O–H groups in total. The maximum Gasteiger partial charge on any atom is 0.316 e. The molecule has 8 heteroatoms. The molecular weight excluding hydrogens is 396 g/mol. The van der Waals surface area contributed by atoms with E-state index >= 15 is 0 Å². The molecule has 0 spiro atoms. The molecule has 166 valence electrons. The number of aromatic nitrogens is 3. The molecule has 0 fully saturated rings. The van der Waals surface area contributed by atoms with Crippen molar-refractivity contribution in [1.82, 2.24) is 15.0 Å². The molecule has 0 radical (unpaired) electrons. The van der Waals surface area contributed by atoms with Crippen LogP contribution in [0.15, 0.2) is 24.5 Å². The van der Waals surface area contributed by atoms with Crippen molar-refractivity contribution in [1.29, 1.82) is 0 Å². The lowest BCUT2D eigenvalue weighted by molar-refractivity contribution is -0.137. The van der Waals surface area contributed by atoms with E-state index < -0.39 is 11.9 Å². The number of aliphatic carboxylic acids is 1. The number of unbranched alkanes of at least 4 members (excludes halogenated alkanes) is 1. The van der Waals surface area contributed by atoms with Gasteiger partial charge in [0.25, 0.3) is 0 Å². The highest BCUT2D eigenvalue weighted by atomic mass is 16.5. The van der Waals surface area contributed by atoms with Gasteiger partial charge in [-0.3, -0.25) is 9.59 Å². The van der Waals surface area contributed by atoms with Crippen LogP contribution >= 0.6 is 0 Å². The molecule has 31 heavy (non-hydrogen) atoms. The van der Waals surface area contributed by atoms with Gasteiger partial charge in [0.05, 0.1) is 13.0 Å². The largest absolute Gasteiger partial charge is 0.481 e. The molecule has 0 amide bonds. The number of carbonyl (C=O) groups is 2. The summed E-state index contributed by atoms with van der Waals surface area (Å²) in [6, 6.07) is 4.46. The van der Waals surface area contributed by atoms with E-state index in [0.29, 0.717) is 18.6 Å². The summed E-state index contributed by atoms with van der Waals surface area (Å²) in [6.07, 6.45) is 8.23. The molecule has 1 aliphatic heterocycles. The Morgan fingerprint density at radius 1 is 1.19 bits per heavy atom. The molecule has 0 aromatic carbocycles. The second kappa shape index (κ2) is 11.4. The van der Waals surface area contributed by atoms with Crippen LogP contribution in [0, 0.1) is 0 Å². The van der Waals surface area contributed by atoms with Gasteiger partial charge in [0, 0.05) is 43.4 Å². The zero-order chi connectivity index (χ0) is 22.1. The standard InChI is InChI=1S/C23H30N4O4/c1-2-31-23-25-14-18(15-26-23)17(13-21(29)30)12-20(28)8-4-3-7-19-10-9-16-6-5-11-24-22(16)27-19/h9-10,14-15,17H,2-8,11-13H2,1H3,(H,24,27)(H,29,30). The molecule has 2 aromatic rings. The van der Waals surface area contributed by atoms with Crippen LogP contribution in [-0.2, 0) is 22.4 Å². The van der Waals surface area contributed by atoms with Crippen LogP contribution in [0.5, 0.6) is 6.01 Å². The van der Waals surface area contributed by atoms with E-state index in [2.05, 4.69) is 32.4 Å². The zero-order valence-corrected chi connectivity index (χ0v) is 18.0. The maximum absolute atomic E-state index is 12.5. The lowest BCUT2D eigenvalue weighted by Gasteiger charge is -2.17. The smallest absolute Gasteiger partial charge is 0.316 e. The van der Waals surface area contributed by atoms with Gasteiger partial charge in [-0.2, -0.15) is 0 Å². The number of carboxylic acids is 1. The van der Waals surface area contributed by atoms with Crippen LogP contribution < -0.4 is 10.1 Å². The average molecular weight is 427 g/mol. The first kappa shape index (κ1) is 22.7. The van der Waals surface area contributed by atoms with Crippen molar-refractivity contribution in [3.63, 3.8) is 0 Å². The summed E-state index contributed by atoms with van der Waals surface area (Å²) >= 11 is 0. The third kappa shape index (κ3) is 7.01. The normalized spacial score (nSPS) is 13.7. The number of nitrogens with zero attached hydrogens (tertiary/aromatic N) is 3. The van der Waals surface area contributed by atoms with Crippen LogP contribution in [0.4, 0.5) is 5.82 Å².